The van der Waals surface area contributed by atoms with Crippen molar-refractivity contribution in [3.05, 3.63) is 41.7 Å². The topological polar surface area (TPSA) is 82.2 Å². The van der Waals surface area contributed by atoms with E-state index in [9.17, 15) is 4.79 Å². The number of hydrogen-bond acceptors (Lipinski definition) is 5. The van der Waals surface area contributed by atoms with E-state index in [4.69, 9.17) is 5.73 Å². The summed E-state index contributed by atoms with van der Waals surface area (Å²) in [7, 11) is 3.20. The Bertz CT molecular complexity index is 592. The molecule has 0 atom stereocenters. The van der Waals surface area contributed by atoms with Gasteiger partial charge in [-0.05, 0) is 18.2 Å². The summed E-state index contributed by atoms with van der Waals surface area (Å²) >= 11 is 0. The Morgan fingerprint density at radius 1 is 1.47 bits per heavy atom. The molecule has 0 saturated carbocycles. The number of nitrogens with two attached hydrogens (primary N) is 1. The van der Waals surface area contributed by atoms with Gasteiger partial charge in [-0.25, -0.2) is 4.79 Å². The monoisotopic (exact) mass is 260 g/mol. The Morgan fingerprint density at radius 3 is 2.89 bits per heavy atom. The number of nitrogens with zero attached hydrogens (tertiary/aromatic N) is 2. The lowest BCUT2D eigenvalue weighted by molar-refractivity contribution is 0.0602. The minimum atomic E-state index is -0.443. The second-order valence-electron chi connectivity index (χ2n) is 4.06. The van der Waals surface area contributed by atoms with Gasteiger partial charge in [-0.1, -0.05) is 6.07 Å². The number of anilines is 2. The molecule has 0 fully saturated rings. The molecule has 6 heteroatoms. The molecule has 1 aromatic carbocycles. The smallest absolute Gasteiger partial charge is 0.340 e. The van der Waals surface area contributed by atoms with Crippen molar-refractivity contribution in [1.29, 1.82) is 0 Å². The normalized spacial score (nSPS) is 10.2. The first kappa shape index (κ1) is 12.9. The largest absolute Gasteiger partial charge is 0.465 e. The van der Waals surface area contributed by atoms with E-state index >= 15 is 0 Å². The Balaban J connectivity index is 2.17. The predicted octanol–water partition coefficient (Wildman–Crippen LogP) is 1.40. The number of hydrogen-bond donors (Lipinski definition) is 2. The molecule has 2 aromatic rings. The maximum atomic E-state index is 11.5. The number of benzene rings is 1. The number of aryl methyl sites for hydroxylation is 1. The Labute approximate surface area is 111 Å². The number of carbonyl (C=O) groups is 1. The molecule has 1 aromatic heterocycles. The molecule has 0 aliphatic heterocycles. The molecule has 19 heavy (non-hydrogen) atoms. The van der Waals surface area contributed by atoms with Gasteiger partial charge in [-0.15, -0.1) is 0 Å². The van der Waals surface area contributed by atoms with Crippen LogP contribution in [0, 0.1) is 0 Å². The van der Waals surface area contributed by atoms with Crippen LogP contribution < -0.4 is 11.1 Å². The van der Waals surface area contributed by atoms with Crippen molar-refractivity contribution in [2.24, 2.45) is 7.05 Å². The third-order valence-electron chi connectivity index (χ3n) is 2.89. The molecule has 3 N–H and O–H groups in total. The first-order valence-electron chi connectivity index (χ1n) is 5.81. The van der Waals surface area contributed by atoms with E-state index in [1.807, 2.05) is 19.2 Å². The van der Waals surface area contributed by atoms with Crippen LogP contribution in [0.3, 0.4) is 0 Å². The van der Waals surface area contributed by atoms with Gasteiger partial charge in [0.05, 0.1) is 36.3 Å². The van der Waals surface area contributed by atoms with Crippen molar-refractivity contribution in [2.75, 3.05) is 18.2 Å². The average molecular weight is 260 g/mol. The van der Waals surface area contributed by atoms with E-state index in [0.717, 1.165) is 5.69 Å². The number of nitrogens with one attached hydrogen (secondary N) is 1. The number of carbonyl (C=O) groups excluding carboxylic acids is 1. The highest BCUT2D eigenvalue weighted by molar-refractivity contribution is 5.98. The number of esters is 1. The molecule has 6 nitrogen and oxygen atoms in total. The third kappa shape index (κ3) is 2.67. The summed E-state index contributed by atoms with van der Waals surface area (Å²) in [6, 6.07) is 7.12. The van der Waals surface area contributed by atoms with Gasteiger partial charge in [0.2, 0.25) is 0 Å². The SMILES string of the molecule is COC(=O)c1cccc(NCc2ccnn2C)c1N. The van der Waals surface area contributed by atoms with E-state index in [1.165, 1.54) is 7.11 Å². The molecule has 100 valence electrons. The molecule has 0 saturated heterocycles. The Hall–Kier alpha value is -2.50. The van der Waals surface area contributed by atoms with Crippen LogP contribution in [0.1, 0.15) is 16.1 Å². The maximum absolute atomic E-state index is 11.5. The van der Waals surface area contributed by atoms with Gasteiger partial charge >= 0.3 is 5.97 Å². The fraction of sp³-hybridized carbons (Fsp3) is 0.231. The van der Waals surface area contributed by atoms with Crippen molar-refractivity contribution in [3.63, 3.8) is 0 Å². The molecule has 0 aliphatic rings. The summed E-state index contributed by atoms with van der Waals surface area (Å²) in [6.07, 6.45) is 1.73. The molecule has 0 aliphatic carbocycles. The highest BCUT2D eigenvalue weighted by atomic mass is 16.5. The molecule has 0 unspecified atom stereocenters. The standard InChI is InChI=1S/C13H16N4O2/c1-17-9(6-7-16-17)8-15-11-5-3-4-10(12(11)14)13(18)19-2/h3-7,15H,8,14H2,1-2H3. The summed E-state index contributed by atoms with van der Waals surface area (Å²) in [5, 5.41) is 7.26. The van der Waals surface area contributed by atoms with Gasteiger partial charge in [0.15, 0.2) is 0 Å². The van der Waals surface area contributed by atoms with Crippen molar-refractivity contribution in [1.82, 2.24) is 9.78 Å². The van der Waals surface area contributed by atoms with Gasteiger partial charge in [0.1, 0.15) is 0 Å². The lowest BCUT2D eigenvalue weighted by Gasteiger charge is -2.12. The number of methoxy groups -OCH3 is 1. The van der Waals surface area contributed by atoms with Gasteiger partial charge in [0.25, 0.3) is 0 Å². The maximum Gasteiger partial charge on any atom is 0.340 e. The number of rotatable bonds is 4. The Kier molecular flexibility index (Phi) is 3.70. The average Bonchev–Trinajstić information content (AvgIpc) is 2.82. The van der Waals surface area contributed by atoms with E-state index in [0.29, 0.717) is 23.5 Å². The molecule has 0 amide bonds. The number of nitrogen functional groups attached to an aromatic ring is 1. The third-order valence-corrected chi connectivity index (χ3v) is 2.89. The first-order valence-corrected chi connectivity index (χ1v) is 5.81. The fourth-order valence-corrected chi connectivity index (χ4v) is 1.77. The van der Waals surface area contributed by atoms with Crippen LogP contribution in [0.4, 0.5) is 11.4 Å². The number of aromatic nitrogens is 2. The van der Waals surface area contributed by atoms with Crippen molar-refractivity contribution in [3.8, 4) is 0 Å². The lowest BCUT2D eigenvalue weighted by Crippen LogP contribution is -2.10. The minimum absolute atomic E-state index is 0.359. The van der Waals surface area contributed by atoms with E-state index in [-0.39, 0.29) is 0 Å². The molecule has 0 radical (unpaired) electrons. The van der Waals surface area contributed by atoms with Gasteiger partial charge in [0, 0.05) is 13.2 Å². The van der Waals surface area contributed by atoms with Crippen LogP contribution in [-0.4, -0.2) is 22.9 Å². The summed E-state index contributed by atoms with van der Waals surface area (Å²) in [5.74, 6) is -0.443. The molecule has 0 bridgehead atoms. The van der Waals surface area contributed by atoms with Crippen LogP contribution in [0.5, 0.6) is 0 Å². The van der Waals surface area contributed by atoms with Crippen LogP contribution in [-0.2, 0) is 18.3 Å². The summed E-state index contributed by atoms with van der Waals surface area (Å²) < 4.78 is 6.45. The fourth-order valence-electron chi connectivity index (χ4n) is 1.77. The second-order valence-corrected chi connectivity index (χ2v) is 4.06. The van der Waals surface area contributed by atoms with Crippen molar-refractivity contribution < 1.29 is 9.53 Å². The zero-order valence-electron chi connectivity index (χ0n) is 10.9. The molecule has 1 heterocycles. The van der Waals surface area contributed by atoms with Crippen LogP contribution in [0.15, 0.2) is 30.5 Å². The van der Waals surface area contributed by atoms with Gasteiger partial charge < -0.3 is 15.8 Å². The molecule has 2 rings (SSSR count). The summed E-state index contributed by atoms with van der Waals surface area (Å²) in [5.41, 5.74) is 8.41. The zero-order valence-corrected chi connectivity index (χ0v) is 10.9. The Morgan fingerprint density at radius 2 is 2.26 bits per heavy atom. The van der Waals surface area contributed by atoms with Crippen molar-refractivity contribution >= 4 is 17.3 Å². The van der Waals surface area contributed by atoms with E-state index in [1.54, 1.807) is 23.0 Å². The molecular formula is C13H16N4O2. The van der Waals surface area contributed by atoms with Crippen LogP contribution in [0.2, 0.25) is 0 Å². The number of para-hydroxylation sites is 1. The molecular weight excluding hydrogens is 244 g/mol. The van der Waals surface area contributed by atoms with E-state index < -0.39 is 5.97 Å². The quantitative estimate of drug-likeness (QED) is 0.641. The zero-order chi connectivity index (χ0) is 13.8. The summed E-state index contributed by atoms with van der Waals surface area (Å²) in [6.45, 7) is 0.575. The first-order chi connectivity index (χ1) is 9.13. The highest BCUT2D eigenvalue weighted by Crippen LogP contribution is 2.23. The molecule has 0 spiro atoms. The van der Waals surface area contributed by atoms with Gasteiger partial charge in [-0.2, -0.15) is 5.10 Å². The van der Waals surface area contributed by atoms with Crippen molar-refractivity contribution in [2.45, 2.75) is 6.54 Å². The second kappa shape index (κ2) is 5.43. The van der Waals surface area contributed by atoms with E-state index in [2.05, 4.69) is 15.2 Å². The minimum Gasteiger partial charge on any atom is -0.465 e. The summed E-state index contributed by atoms with van der Waals surface area (Å²) in [4.78, 5) is 11.5. The van der Waals surface area contributed by atoms with Gasteiger partial charge in [-0.3, -0.25) is 4.68 Å². The van der Waals surface area contributed by atoms with Crippen LogP contribution in [0.25, 0.3) is 0 Å². The highest BCUT2D eigenvalue weighted by Gasteiger charge is 2.12. The van der Waals surface area contributed by atoms with Crippen LogP contribution >= 0.6 is 0 Å². The lowest BCUT2D eigenvalue weighted by atomic mass is 10.1. The predicted molar refractivity (Wildman–Crippen MR) is 72.7 cm³/mol. The number of ether oxygens (including phenoxy) is 1.